The van der Waals surface area contributed by atoms with Crippen LogP contribution < -0.4 is 14.4 Å². The number of hydrogen-bond donors (Lipinski definition) is 0. The highest BCUT2D eigenvalue weighted by atomic mass is 35.5. The number of ether oxygens (including phenoxy) is 2. The summed E-state index contributed by atoms with van der Waals surface area (Å²) < 4.78 is 12.3. The molecule has 7 heteroatoms. The average molecular weight is 523 g/mol. The van der Waals surface area contributed by atoms with Gasteiger partial charge in [-0.05, 0) is 73.9 Å². The van der Waals surface area contributed by atoms with E-state index in [4.69, 9.17) is 32.7 Å². The summed E-state index contributed by atoms with van der Waals surface area (Å²) in [7, 11) is 0. The zero-order chi connectivity index (χ0) is 25.4. The van der Waals surface area contributed by atoms with Gasteiger partial charge < -0.3 is 14.4 Å². The number of carbonyl (C=O) groups is 1. The van der Waals surface area contributed by atoms with Crippen LogP contribution in [0.25, 0.3) is 6.08 Å². The van der Waals surface area contributed by atoms with Crippen molar-refractivity contribution in [1.29, 1.82) is 0 Å². The molecule has 3 aromatic carbocycles. The zero-order valence-electron chi connectivity index (χ0n) is 20.6. The third-order valence-corrected chi connectivity index (χ3v) is 7.30. The van der Waals surface area contributed by atoms with E-state index >= 15 is 0 Å². The molecule has 2 aliphatic heterocycles. The topological polar surface area (TPSA) is 42.0 Å². The maximum Gasteiger partial charge on any atom is 0.232 e. The Morgan fingerprint density at radius 2 is 1.81 bits per heavy atom. The lowest BCUT2D eigenvalue weighted by molar-refractivity contribution is 0.0872. The molecule has 0 N–H and O–H groups in total. The number of carbonyl (C=O) groups excluding carboxylic acids is 1. The van der Waals surface area contributed by atoms with Crippen LogP contribution in [-0.4, -0.2) is 30.5 Å². The number of nitrogens with zero attached hydrogens (tertiary/aromatic N) is 2. The summed E-state index contributed by atoms with van der Waals surface area (Å²) in [6.07, 6.45) is 1.81. The number of allylic oxidation sites excluding steroid dienone is 1. The van der Waals surface area contributed by atoms with Gasteiger partial charge in [0.15, 0.2) is 5.76 Å². The summed E-state index contributed by atoms with van der Waals surface area (Å²) >= 11 is 12.4. The van der Waals surface area contributed by atoms with E-state index in [2.05, 4.69) is 35.8 Å². The van der Waals surface area contributed by atoms with E-state index in [1.165, 1.54) is 0 Å². The molecule has 36 heavy (non-hydrogen) atoms. The smallest absolute Gasteiger partial charge is 0.232 e. The monoisotopic (exact) mass is 522 g/mol. The molecule has 5 nitrogen and oxygen atoms in total. The van der Waals surface area contributed by atoms with E-state index in [9.17, 15) is 4.79 Å². The summed E-state index contributed by atoms with van der Waals surface area (Å²) in [6, 6.07) is 15.6. The molecule has 186 valence electrons. The Labute approximate surface area is 221 Å². The molecule has 0 radical (unpaired) electrons. The predicted molar refractivity (Wildman–Crippen MR) is 145 cm³/mol. The van der Waals surface area contributed by atoms with Crippen LogP contribution in [0, 0.1) is 6.92 Å². The molecule has 0 spiro atoms. The van der Waals surface area contributed by atoms with Gasteiger partial charge in [0.05, 0.1) is 11.1 Å². The van der Waals surface area contributed by atoms with Crippen LogP contribution in [0.3, 0.4) is 0 Å². The molecule has 3 aromatic rings. The molecule has 0 bridgehead atoms. The van der Waals surface area contributed by atoms with Crippen LogP contribution in [0.15, 0.2) is 54.3 Å². The lowest BCUT2D eigenvalue weighted by Crippen LogP contribution is -2.32. The molecule has 0 atom stereocenters. The van der Waals surface area contributed by atoms with Crippen LogP contribution in [0.5, 0.6) is 11.5 Å². The Bertz CT molecular complexity index is 1350. The van der Waals surface area contributed by atoms with Gasteiger partial charge in [-0.25, -0.2) is 0 Å². The Hall–Kier alpha value is -2.99. The summed E-state index contributed by atoms with van der Waals surface area (Å²) in [5, 5.41) is 1.22. The first-order valence-electron chi connectivity index (χ1n) is 12.1. The lowest BCUT2D eigenvalue weighted by atomic mass is 9.98. The largest absolute Gasteiger partial charge is 0.478 e. The first-order chi connectivity index (χ1) is 17.4. The molecular weight excluding hydrogens is 495 g/mol. The first kappa shape index (κ1) is 24.7. The third-order valence-electron chi connectivity index (χ3n) is 6.72. The number of anilines is 1. The van der Waals surface area contributed by atoms with E-state index in [0.717, 1.165) is 46.8 Å². The maximum atomic E-state index is 13.3. The number of hydrogen-bond acceptors (Lipinski definition) is 5. The summed E-state index contributed by atoms with van der Waals surface area (Å²) in [5.41, 5.74) is 5.37. The van der Waals surface area contributed by atoms with Crippen LogP contribution in [0.2, 0.25) is 10.0 Å². The lowest BCUT2D eigenvalue weighted by Gasteiger charge is -2.30. The summed E-state index contributed by atoms with van der Waals surface area (Å²) in [4.78, 5) is 17.7. The molecule has 0 aliphatic carbocycles. The number of aryl methyl sites for hydroxylation is 1. The van der Waals surface area contributed by atoms with Gasteiger partial charge in [0.2, 0.25) is 5.78 Å². The van der Waals surface area contributed by atoms with Crippen molar-refractivity contribution in [3.05, 3.63) is 92.2 Å². The van der Waals surface area contributed by atoms with E-state index in [0.29, 0.717) is 46.9 Å². The van der Waals surface area contributed by atoms with Gasteiger partial charge in [0.25, 0.3) is 0 Å². The fraction of sp³-hybridized carbons (Fsp3) is 0.276. The molecule has 0 amide bonds. The molecule has 5 rings (SSSR count). The number of Topliss-reactive ketones (excluding diaryl/α,β-unsaturated/α-hetero) is 1. The molecule has 0 saturated heterocycles. The average Bonchev–Trinajstić information content (AvgIpc) is 3.19. The van der Waals surface area contributed by atoms with Crippen molar-refractivity contribution in [2.75, 3.05) is 24.7 Å². The predicted octanol–water partition coefficient (Wildman–Crippen LogP) is 7.12. The quantitative estimate of drug-likeness (QED) is 0.322. The minimum absolute atomic E-state index is 0.101. The van der Waals surface area contributed by atoms with E-state index in [-0.39, 0.29) is 5.78 Å². The molecule has 0 unspecified atom stereocenters. The highest BCUT2D eigenvalue weighted by molar-refractivity contribution is 6.35. The van der Waals surface area contributed by atoms with Crippen LogP contribution in [-0.2, 0) is 13.1 Å². The second-order valence-corrected chi connectivity index (χ2v) is 9.92. The Morgan fingerprint density at radius 1 is 1.06 bits per heavy atom. The molecule has 0 aromatic heterocycles. The zero-order valence-corrected chi connectivity index (χ0v) is 22.1. The van der Waals surface area contributed by atoms with Crippen molar-refractivity contribution in [3.63, 3.8) is 0 Å². The van der Waals surface area contributed by atoms with Gasteiger partial charge in [0.1, 0.15) is 18.2 Å². The van der Waals surface area contributed by atoms with E-state index in [1.807, 2.05) is 43.3 Å². The standard InChI is InChI=1S/C29H28Cl2N2O3/c1-4-33(5-2)22-10-6-19(7-11-22)13-26-28(34)27-18(3)12-25-23(29(27)36-26)16-32(17-35-25)15-20-8-9-21(30)14-24(20)31/h6-14H,4-5,15-17H2,1-3H3/b26-13-. The van der Waals surface area contributed by atoms with Crippen molar-refractivity contribution >= 4 is 40.7 Å². The SMILES string of the molecule is CCN(CC)c1ccc(/C=C2\Oc3c4c(cc(C)c3C2=O)OCN(Cc2ccc(Cl)cc2Cl)C4)cc1. The second-order valence-electron chi connectivity index (χ2n) is 9.07. The van der Waals surface area contributed by atoms with Crippen molar-refractivity contribution in [1.82, 2.24) is 4.90 Å². The van der Waals surface area contributed by atoms with E-state index < -0.39 is 0 Å². The first-order valence-corrected chi connectivity index (χ1v) is 12.9. The van der Waals surface area contributed by atoms with Gasteiger partial charge in [-0.15, -0.1) is 0 Å². The molecular formula is C29H28Cl2N2O3. The summed E-state index contributed by atoms with van der Waals surface area (Å²) in [5.74, 6) is 1.57. The normalized spacial score (nSPS) is 15.9. The second kappa shape index (κ2) is 10.2. The van der Waals surface area contributed by atoms with E-state index in [1.54, 1.807) is 6.07 Å². The minimum atomic E-state index is -0.101. The van der Waals surface area contributed by atoms with Crippen molar-refractivity contribution < 1.29 is 14.3 Å². The number of rotatable bonds is 6. The molecule has 0 saturated carbocycles. The molecule has 0 fully saturated rings. The van der Waals surface area contributed by atoms with Crippen molar-refractivity contribution in [2.45, 2.75) is 33.9 Å². The summed E-state index contributed by atoms with van der Waals surface area (Å²) in [6.45, 7) is 9.68. The highest BCUT2D eigenvalue weighted by Crippen LogP contribution is 2.44. The van der Waals surface area contributed by atoms with Crippen LogP contribution >= 0.6 is 23.2 Å². The Morgan fingerprint density at radius 3 is 2.50 bits per heavy atom. The number of halogens is 2. The van der Waals surface area contributed by atoms with Crippen LogP contribution in [0.1, 0.15) is 46.5 Å². The Balaban J connectivity index is 1.41. The van der Waals surface area contributed by atoms with Gasteiger partial charge in [-0.1, -0.05) is 41.4 Å². The minimum Gasteiger partial charge on any atom is -0.478 e. The number of benzene rings is 3. The molecule has 2 heterocycles. The Kier molecular flexibility index (Phi) is 6.98. The third kappa shape index (κ3) is 4.71. The number of ketones is 1. The van der Waals surface area contributed by atoms with Crippen molar-refractivity contribution in [2.24, 2.45) is 0 Å². The maximum absolute atomic E-state index is 13.3. The fourth-order valence-electron chi connectivity index (χ4n) is 4.79. The fourth-order valence-corrected chi connectivity index (χ4v) is 5.26. The highest BCUT2D eigenvalue weighted by Gasteiger charge is 2.35. The van der Waals surface area contributed by atoms with Crippen LogP contribution in [0.4, 0.5) is 5.69 Å². The van der Waals surface area contributed by atoms with Gasteiger partial charge in [-0.3, -0.25) is 9.69 Å². The molecule has 2 aliphatic rings. The van der Waals surface area contributed by atoms with Gasteiger partial charge >= 0.3 is 0 Å². The number of fused-ring (bicyclic) bond motifs is 3. The van der Waals surface area contributed by atoms with Gasteiger partial charge in [-0.2, -0.15) is 0 Å². The van der Waals surface area contributed by atoms with Crippen molar-refractivity contribution in [3.8, 4) is 11.5 Å². The van der Waals surface area contributed by atoms with Gasteiger partial charge in [0, 0.05) is 41.9 Å².